The van der Waals surface area contributed by atoms with E-state index < -0.39 is 51.4 Å². The Kier molecular flexibility index (Phi) is 7.09. The lowest BCUT2D eigenvalue weighted by atomic mass is 10.2. The van der Waals surface area contributed by atoms with E-state index in [9.17, 15) is 27.2 Å². The van der Waals surface area contributed by atoms with Gasteiger partial charge in [-0.1, -0.05) is 0 Å². The number of carboxylic acid groups (broad SMARTS) is 1. The number of hydrogen-bond donors (Lipinski definition) is 2. The molecule has 5 nitrogen and oxygen atoms in total. The number of carboxylic acids is 1. The molecule has 25 heavy (non-hydrogen) atoms. The molecule has 0 aliphatic rings. The number of amides is 1. The third kappa shape index (κ3) is 5.80. The molecule has 0 saturated carbocycles. The van der Waals surface area contributed by atoms with E-state index >= 15 is 0 Å². The maximum Gasteiger partial charge on any atom is 0.407 e. The van der Waals surface area contributed by atoms with Crippen LogP contribution in [-0.2, 0) is 4.74 Å². The predicted molar refractivity (Wildman–Crippen MR) is 82.8 cm³/mol. The zero-order valence-electron chi connectivity index (χ0n) is 13.7. The second-order valence-electron chi connectivity index (χ2n) is 5.90. The molecule has 0 bridgehead atoms. The summed E-state index contributed by atoms with van der Waals surface area (Å²) in [5.41, 5.74) is -2.35. The third-order valence-electron chi connectivity index (χ3n) is 2.67. The molecule has 0 radical (unpaired) electrons. The number of aromatic carboxylic acids is 1. The number of benzene rings is 1. The van der Waals surface area contributed by atoms with Gasteiger partial charge < -0.3 is 15.2 Å². The van der Waals surface area contributed by atoms with Crippen LogP contribution in [0.1, 0.15) is 37.6 Å². The summed E-state index contributed by atoms with van der Waals surface area (Å²) < 4.78 is 59.5. The molecular weight excluding hydrogens is 366 g/mol. The summed E-state index contributed by atoms with van der Waals surface area (Å²) in [7, 11) is 0. The highest BCUT2D eigenvalue weighted by molar-refractivity contribution is 7.99. The Hall–Kier alpha value is -1.97. The lowest BCUT2D eigenvalue weighted by Crippen LogP contribution is -2.33. The van der Waals surface area contributed by atoms with Crippen LogP contribution in [0.5, 0.6) is 0 Å². The minimum atomic E-state index is -2.11. The summed E-state index contributed by atoms with van der Waals surface area (Å²) in [6.07, 6.45) is -0.440. The highest BCUT2D eigenvalue weighted by Gasteiger charge is 2.29. The molecule has 1 aromatic rings. The van der Waals surface area contributed by atoms with Crippen molar-refractivity contribution in [2.45, 2.75) is 37.7 Å². The number of hydrogen-bond acceptors (Lipinski definition) is 4. The maximum absolute atomic E-state index is 13.7. The second kappa shape index (κ2) is 8.41. The van der Waals surface area contributed by atoms with Gasteiger partial charge in [0.25, 0.3) is 0 Å². The summed E-state index contributed by atoms with van der Waals surface area (Å²) in [6.45, 7) is 5.15. The molecule has 1 amide bonds. The van der Waals surface area contributed by atoms with Gasteiger partial charge in [-0.05, 0) is 32.9 Å². The molecule has 10 heteroatoms. The van der Waals surface area contributed by atoms with Crippen LogP contribution in [-0.4, -0.2) is 35.1 Å². The van der Waals surface area contributed by atoms with Gasteiger partial charge >= 0.3 is 12.1 Å². The Labute approximate surface area is 145 Å². The van der Waals surface area contributed by atoms with Gasteiger partial charge in [0.05, 0.1) is 4.90 Å². The largest absolute Gasteiger partial charge is 0.477 e. The molecule has 0 atom stereocenters. The highest BCUT2D eigenvalue weighted by atomic mass is 32.2. The molecule has 1 aromatic carbocycles. The van der Waals surface area contributed by atoms with E-state index in [1.807, 2.05) is 0 Å². The van der Waals surface area contributed by atoms with Gasteiger partial charge in [-0.15, -0.1) is 11.8 Å². The van der Waals surface area contributed by atoms with Crippen molar-refractivity contribution in [3.8, 4) is 0 Å². The first-order chi connectivity index (χ1) is 11.5. The van der Waals surface area contributed by atoms with Gasteiger partial charge in [0, 0.05) is 6.54 Å². The van der Waals surface area contributed by atoms with E-state index in [0.29, 0.717) is 11.8 Å². The summed E-state index contributed by atoms with van der Waals surface area (Å²) in [5.74, 6) is -9.52. The molecule has 0 aliphatic carbocycles. The number of carbonyl (C=O) groups is 2. The van der Waals surface area contributed by atoms with Crippen LogP contribution in [0, 0.1) is 23.3 Å². The van der Waals surface area contributed by atoms with Crippen LogP contribution in [0.25, 0.3) is 0 Å². The minimum Gasteiger partial charge on any atom is -0.477 e. The van der Waals surface area contributed by atoms with Crippen LogP contribution >= 0.6 is 11.8 Å². The molecule has 0 saturated heterocycles. The molecule has 0 aromatic heterocycles. The number of nitrogens with one attached hydrogen (secondary N) is 1. The zero-order valence-corrected chi connectivity index (χ0v) is 14.5. The maximum atomic E-state index is 13.7. The van der Waals surface area contributed by atoms with Crippen molar-refractivity contribution in [1.82, 2.24) is 5.32 Å². The van der Waals surface area contributed by atoms with E-state index in [0.717, 1.165) is 0 Å². The van der Waals surface area contributed by atoms with Crippen molar-refractivity contribution < 1.29 is 37.0 Å². The Morgan fingerprint density at radius 1 is 1.08 bits per heavy atom. The summed E-state index contributed by atoms with van der Waals surface area (Å²) in [5, 5.41) is 11.0. The van der Waals surface area contributed by atoms with Crippen molar-refractivity contribution >= 4 is 23.8 Å². The van der Waals surface area contributed by atoms with Crippen LogP contribution < -0.4 is 5.32 Å². The average molecular weight is 383 g/mol. The van der Waals surface area contributed by atoms with Gasteiger partial charge in [-0.2, -0.15) is 0 Å². The SMILES string of the molecule is CC(C)(C)OC(=O)NCCCSc1c(F)c(F)c(C(=O)O)c(F)c1F. The van der Waals surface area contributed by atoms with Crippen molar-refractivity contribution in [2.75, 3.05) is 12.3 Å². The average Bonchev–Trinajstić information content (AvgIpc) is 2.46. The molecule has 2 N–H and O–H groups in total. The van der Waals surface area contributed by atoms with Gasteiger partial charge in [-0.3, -0.25) is 0 Å². The van der Waals surface area contributed by atoms with Crippen molar-refractivity contribution in [3.63, 3.8) is 0 Å². The van der Waals surface area contributed by atoms with E-state index in [-0.39, 0.29) is 18.7 Å². The fourth-order valence-corrected chi connectivity index (χ4v) is 2.60. The Morgan fingerprint density at radius 2 is 1.60 bits per heavy atom. The van der Waals surface area contributed by atoms with E-state index in [1.165, 1.54) is 0 Å². The van der Waals surface area contributed by atoms with Gasteiger partial charge in [0.15, 0.2) is 23.3 Å². The summed E-state index contributed by atoms with van der Waals surface area (Å²) in [6, 6.07) is 0. The topological polar surface area (TPSA) is 75.6 Å². The number of halogens is 4. The lowest BCUT2D eigenvalue weighted by molar-refractivity contribution is 0.0527. The summed E-state index contributed by atoms with van der Waals surface area (Å²) in [4.78, 5) is 21.1. The fraction of sp³-hybridized carbons (Fsp3) is 0.467. The summed E-state index contributed by atoms with van der Waals surface area (Å²) >= 11 is 0.472. The number of thioether (sulfide) groups is 1. The van der Waals surface area contributed by atoms with Gasteiger partial charge in [-0.25, -0.2) is 27.2 Å². The first-order valence-electron chi connectivity index (χ1n) is 7.14. The molecular formula is C15H17F4NO4S. The molecule has 0 spiro atoms. The molecule has 1 rings (SSSR count). The number of carbonyl (C=O) groups excluding carboxylic acids is 1. The van der Waals surface area contributed by atoms with Crippen molar-refractivity contribution in [2.24, 2.45) is 0 Å². The van der Waals surface area contributed by atoms with E-state index in [1.54, 1.807) is 20.8 Å². The fourth-order valence-electron chi connectivity index (χ4n) is 1.68. The highest BCUT2D eigenvalue weighted by Crippen LogP contribution is 2.31. The second-order valence-corrected chi connectivity index (χ2v) is 7.00. The molecule has 0 fully saturated rings. The molecule has 0 heterocycles. The zero-order chi connectivity index (χ0) is 19.4. The van der Waals surface area contributed by atoms with Gasteiger partial charge in [0.1, 0.15) is 11.2 Å². The van der Waals surface area contributed by atoms with Crippen LogP contribution in [0.4, 0.5) is 22.4 Å². The van der Waals surface area contributed by atoms with E-state index in [4.69, 9.17) is 9.84 Å². The Balaban J connectivity index is 2.65. The monoisotopic (exact) mass is 383 g/mol. The molecule has 0 aliphatic heterocycles. The first kappa shape index (κ1) is 21.1. The quantitative estimate of drug-likeness (QED) is 0.337. The minimum absolute atomic E-state index is 0.0228. The van der Waals surface area contributed by atoms with Crippen LogP contribution in [0.3, 0.4) is 0 Å². The van der Waals surface area contributed by atoms with Crippen molar-refractivity contribution in [1.29, 1.82) is 0 Å². The van der Waals surface area contributed by atoms with Crippen LogP contribution in [0.15, 0.2) is 4.90 Å². The number of ether oxygens (including phenoxy) is 1. The van der Waals surface area contributed by atoms with Gasteiger partial charge in [0.2, 0.25) is 0 Å². The lowest BCUT2D eigenvalue weighted by Gasteiger charge is -2.19. The van der Waals surface area contributed by atoms with E-state index in [2.05, 4.69) is 5.32 Å². The molecule has 0 unspecified atom stereocenters. The predicted octanol–water partition coefficient (Wildman–Crippen LogP) is 3.95. The Bertz CT molecular complexity index is 647. The number of alkyl carbamates (subject to hydrolysis) is 1. The molecule has 140 valence electrons. The Morgan fingerprint density at radius 3 is 2.04 bits per heavy atom. The standard InChI is InChI=1S/C15H17F4NO4S/c1-15(2,3)24-14(23)20-5-4-6-25-12-10(18)8(16)7(13(21)22)9(17)11(12)19/h4-6H2,1-3H3,(H,20,23)(H,21,22). The van der Waals surface area contributed by atoms with Crippen molar-refractivity contribution in [3.05, 3.63) is 28.8 Å². The smallest absolute Gasteiger partial charge is 0.407 e. The third-order valence-corrected chi connectivity index (χ3v) is 3.81. The normalized spacial score (nSPS) is 11.3. The van der Waals surface area contributed by atoms with Crippen LogP contribution in [0.2, 0.25) is 0 Å². The number of rotatable bonds is 6. The first-order valence-corrected chi connectivity index (χ1v) is 8.13.